The van der Waals surface area contributed by atoms with Crippen LogP contribution in [0.25, 0.3) is 0 Å². The number of rotatable bonds is 7. The lowest BCUT2D eigenvalue weighted by Crippen LogP contribution is -2.12. The van der Waals surface area contributed by atoms with Gasteiger partial charge in [0.05, 0.1) is 17.6 Å². The Hall–Kier alpha value is -3.47. The molecule has 0 heterocycles. The van der Waals surface area contributed by atoms with Gasteiger partial charge < -0.3 is 14.4 Å². The number of hydrogen-bond acceptors (Lipinski definition) is 7. The van der Waals surface area contributed by atoms with E-state index in [1.165, 1.54) is 17.0 Å². The van der Waals surface area contributed by atoms with E-state index in [2.05, 4.69) is 9.13 Å². The predicted octanol–water partition coefficient (Wildman–Crippen LogP) is 2.45. The number of esters is 1. The van der Waals surface area contributed by atoms with Gasteiger partial charge in [-0.1, -0.05) is 18.2 Å². The molecule has 0 aliphatic rings. The Morgan fingerprint density at radius 1 is 1.21 bits per heavy atom. The molecule has 2 aromatic rings. The third-order valence-electron chi connectivity index (χ3n) is 3.31. The van der Waals surface area contributed by atoms with Crippen LogP contribution in [0, 0.1) is 10.1 Å². The van der Waals surface area contributed by atoms with Crippen molar-refractivity contribution in [2.45, 2.75) is 4.90 Å². The number of para-hydroxylation sites is 1. The Balaban J connectivity index is 2.78. The lowest BCUT2D eigenvalue weighted by molar-refractivity contribution is -0.385. The van der Waals surface area contributed by atoms with E-state index in [4.69, 9.17) is 4.74 Å². The van der Waals surface area contributed by atoms with E-state index in [9.17, 15) is 23.3 Å². The Bertz CT molecular complexity index is 1020. The van der Waals surface area contributed by atoms with Crippen molar-refractivity contribution in [1.82, 2.24) is 4.90 Å². The van der Waals surface area contributed by atoms with Gasteiger partial charge in [0, 0.05) is 20.2 Å². The summed E-state index contributed by atoms with van der Waals surface area (Å²) in [6, 6.07) is 9.73. The van der Waals surface area contributed by atoms with Gasteiger partial charge in [0.25, 0.3) is 10.0 Å². The molecule has 148 valence electrons. The van der Waals surface area contributed by atoms with Crippen molar-refractivity contribution < 1.29 is 27.6 Å². The highest BCUT2D eigenvalue weighted by Gasteiger charge is 2.31. The van der Waals surface area contributed by atoms with Crippen LogP contribution in [0.15, 0.2) is 51.8 Å². The molecule has 0 saturated carbocycles. The second-order valence-electron chi connectivity index (χ2n) is 5.65. The second kappa shape index (κ2) is 8.48. The van der Waals surface area contributed by atoms with Gasteiger partial charge >= 0.3 is 11.7 Å². The average Bonchev–Trinajstić information content (AvgIpc) is 2.66. The van der Waals surface area contributed by atoms with Gasteiger partial charge in [-0.05, 0) is 18.2 Å². The first kappa shape index (κ1) is 20.8. The van der Waals surface area contributed by atoms with Crippen molar-refractivity contribution in [2.75, 3.05) is 21.2 Å². The fraction of sp³-hybridized carbons (Fsp3) is 0.176. The van der Waals surface area contributed by atoms with Gasteiger partial charge in [0.2, 0.25) is 5.75 Å². The van der Waals surface area contributed by atoms with Crippen LogP contribution in [0.4, 0.5) is 5.69 Å². The van der Waals surface area contributed by atoms with Crippen molar-refractivity contribution >= 4 is 28.0 Å². The minimum atomic E-state index is -4.44. The molecule has 0 fully saturated rings. The first-order valence-electron chi connectivity index (χ1n) is 7.76. The molecule has 0 aromatic heterocycles. The number of sulfonamides is 1. The molecule has 11 heteroatoms. The maximum absolute atomic E-state index is 12.7. The van der Waals surface area contributed by atoms with Crippen LogP contribution in [0.1, 0.15) is 10.4 Å². The largest absolute Gasteiger partial charge is 0.465 e. The standard InChI is InChI=1S/C17H17N3O7S/c1-19(2)11-18-28(24,25)15-10-12(17(21)26-3)9-14(20(22)23)16(15)27-13-7-5-4-6-8-13/h4-11H,1-3H3/b18-11+. The number of nitrogens with zero attached hydrogens (tertiary/aromatic N) is 3. The number of carbonyl (C=O) groups excluding carboxylic acids is 1. The maximum Gasteiger partial charge on any atom is 0.338 e. The van der Waals surface area contributed by atoms with Crippen LogP contribution in [-0.2, 0) is 14.8 Å². The lowest BCUT2D eigenvalue weighted by Gasteiger charge is -2.12. The van der Waals surface area contributed by atoms with E-state index in [1.54, 1.807) is 32.3 Å². The molecular formula is C17H17N3O7S. The van der Waals surface area contributed by atoms with Crippen molar-refractivity contribution in [3.8, 4) is 11.5 Å². The molecule has 0 aliphatic heterocycles. The number of nitro groups is 1. The zero-order valence-electron chi connectivity index (χ0n) is 15.2. The molecular weight excluding hydrogens is 390 g/mol. The summed E-state index contributed by atoms with van der Waals surface area (Å²) in [6.45, 7) is 0. The number of nitro benzene ring substituents is 1. The molecule has 0 amide bonds. The molecule has 0 aliphatic carbocycles. The first-order chi connectivity index (χ1) is 13.2. The summed E-state index contributed by atoms with van der Waals surface area (Å²) in [5, 5.41) is 11.6. The van der Waals surface area contributed by atoms with Gasteiger partial charge in [0.1, 0.15) is 17.0 Å². The van der Waals surface area contributed by atoms with Crippen LogP contribution in [-0.4, -0.2) is 51.8 Å². The summed E-state index contributed by atoms with van der Waals surface area (Å²) in [5.74, 6) is -1.33. The fourth-order valence-electron chi connectivity index (χ4n) is 2.07. The van der Waals surface area contributed by atoms with Gasteiger partial charge in [-0.2, -0.15) is 8.42 Å². The Labute approximate surface area is 161 Å². The number of carbonyl (C=O) groups is 1. The number of ether oxygens (including phenoxy) is 2. The highest BCUT2D eigenvalue weighted by Crippen LogP contribution is 2.39. The van der Waals surface area contributed by atoms with Crippen LogP contribution in [0.3, 0.4) is 0 Å². The fourth-order valence-corrected chi connectivity index (χ4v) is 3.16. The third-order valence-corrected chi connectivity index (χ3v) is 4.54. The normalized spacial score (nSPS) is 11.2. The van der Waals surface area contributed by atoms with Crippen LogP contribution in [0.5, 0.6) is 11.5 Å². The Morgan fingerprint density at radius 3 is 2.39 bits per heavy atom. The molecule has 2 rings (SSSR count). The van der Waals surface area contributed by atoms with Crippen LogP contribution >= 0.6 is 0 Å². The average molecular weight is 407 g/mol. The molecule has 2 aromatic carbocycles. The van der Waals surface area contributed by atoms with Crippen LogP contribution < -0.4 is 4.74 Å². The number of benzene rings is 2. The van der Waals surface area contributed by atoms with Gasteiger partial charge in [0.15, 0.2) is 0 Å². The molecule has 28 heavy (non-hydrogen) atoms. The molecule has 10 nitrogen and oxygen atoms in total. The van der Waals surface area contributed by atoms with E-state index in [1.807, 2.05) is 0 Å². The molecule has 0 saturated heterocycles. The topological polar surface area (TPSA) is 128 Å². The molecule has 0 bridgehead atoms. The smallest absolute Gasteiger partial charge is 0.338 e. The molecule has 0 atom stereocenters. The third kappa shape index (κ3) is 4.82. The molecule has 0 N–H and O–H groups in total. The van der Waals surface area contributed by atoms with Gasteiger partial charge in [-0.3, -0.25) is 10.1 Å². The second-order valence-corrected chi connectivity index (χ2v) is 7.25. The van der Waals surface area contributed by atoms with E-state index < -0.39 is 37.2 Å². The van der Waals surface area contributed by atoms with Crippen molar-refractivity contribution in [3.63, 3.8) is 0 Å². The summed E-state index contributed by atoms with van der Waals surface area (Å²) in [4.78, 5) is 23.3. The van der Waals surface area contributed by atoms with Crippen LogP contribution in [0.2, 0.25) is 0 Å². The minimum absolute atomic E-state index is 0.171. The van der Waals surface area contributed by atoms with Gasteiger partial charge in [-0.25, -0.2) is 4.79 Å². The van der Waals surface area contributed by atoms with Crippen molar-refractivity contribution in [3.05, 3.63) is 58.1 Å². The van der Waals surface area contributed by atoms with E-state index in [0.717, 1.165) is 25.6 Å². The van der Waals surface area contributed by atoms with E-state index >= 15 is 0 Å². The first-order valence-corrected chi connectivity index (χ1v) is 9.20. The number of hydrogen-bond donors (Lipinski definition) is 0. The van der Waals surface area contributed by atoms with E-state index in [0.29, 0.717) is 0 Å². The Kier molecular flexibility index (Phi) is 6.31. The zero-order chi connectivity index (χ0) is 20.9. The molecule has 0 spiro atoms. The van der Waals surface area contributed by atoms with Gasteiger partial charge in [-0.15, -0.1) is 4.40 Å². The zero-order valence-corrected chi connectivity index (χ0v) is 16.0. The van der Waals surface area contributed by atoms with Crippen molar-refractivity contribution in [2.24, 2.45) is 4.40 Å². The molecule has 0 unspecified atom stereocenters. The Morgan fingerprint density at radius 2 is 1.86 bits per heavy atom. The van der Waals surface area contributed by atoms with Crippen molar-refractivity contribution in [1.29, 1.82) is 0 Å². The summed E-state index contributed by atoms with van der Waals surface area (Å²) in [7, 11) is -0.267. The SMILES string of the molecule is COC(=O)c1cc([N+](=O)[O-])c(Oc2ccccc2)c(S(=O)(=O)/N=C/N(C)C)c1. The summed E-state index contributed by atoms with van der Waals surface area (Å²) < 4.78 is 38.9. The quantitative estimate of drug-likeness (QED) is 0.225. The minimum Gasteiger partial charge on any atom is -0.465 e. The highest BCUT2D eigenvalue weighted by atomic mass is 32.2. The summed E-state index contributed by atoms with van der Waals surface area (Å²) in [5.41, 5.74) is -1.04. The summed E-state index contributed by atoms with van der Waals surface area (Å²) in [6.07, 6.45) is 1.01. The predicted molar refractivity (Wildman–Crippen MR) is 100 cm³/mol. The van der Waals surface area contributed by atoms with E-state index in [-0.39, 0.29) is 11.3 Å². The maximum atomic E-state index is 12.7. The highest BCUT2D eigenvalue weighted by molar-refractivity contribution is 7.90. The number of methoxy groups -OCH3 is 1. The monoisotopic (exact) mass is 407 g/mol. The molecule has 0 radical (unpaired) electrons. The summed E-state index contributed by atoms with van der Waals surface area (Å²) >= 11 is 0. The lowest BCUT2D eigenvalue weighted by atomic mass is 10.2.